The number of hydrogen-bond donors (Lipinski definition) is 0. The minimum atomic E-state index is -3.08. The molecule has 0 bridgehead atoms. The topological polar surface area (TPSA) is 71.1 Å². The molecule has 0 saturated heterocycles. The van der Waals surface area contributed by atoms with E-state index < -0.39 is 25.0 Å². The molecule has 0 saturated carbocycles. The second-order valence-corrected chi connectivity index (χ2v) is 5.23. The summed E-state index contributed by atoms with van der Waals surface area (Å²) in [5.74, 6) is -0.763. The Morgan fingerprint density at radius 1 is 1.04 bits per heavy atom. The third-order valence-corrected chi connectivity index (χ3v) is 3.52. The lowest BCUT2D eigenvalue weighted by Gasteiger charge is -2.18. The number of carbonyl (C=O) groups is 2. The monoisotopic (exact) mass is 364 g/mol. The quantitative estimate of drug-likeness (QED) is 0.579. The standard InChI is InChI=1S/C18H14F2O6/c19-18(20)26-14-4-2-1-3-12(14)17(22)25-10-13(21)11-5-6-15-16(9-11)24-8-7-23-15/h1-6,9,18H,7-8,10H2. The van der Waals surface area contributed by atoms with E-state index in [0.29, 0.717) is 24.7 Å². The Bertz CT molecular complexity index is 821. The van der Waals surface area contributed by atoms with Gasteiger partial charge in [-0.05, 0) is 30.3 Å². The molecule has 1 aliphatic rings. The molecule has 1 aliphatic heterocycles. The molecule has 26 heavy (non-hydrogen) atoms. The fourth-order valence-corrected chi connectivity index (χ4v) is 2.34. The number of benzene rings is 2. The first-order chi connectivity index (χ1) is 12.5. The molecule has 2 aromatic rings. The third kappa shape index (κ3) is 4.08. The van der Waals surface area contributed by atoms with Crippen molar-refractivity contribution in [1.82, 2.24) is 0 Å². The van der Waals surface area contributed by atoms with Crippen molar-refractivity contribution < 1.29 is 37.3 Å². The van der Waals surface area contributed by atoms with Gasteiger partial charge in [-0.1, -0.05) is 12.1 Å². The van der Waals surface area contributed by atoms with E-state index in [4.69, 9.17) is 14.2 Å². The molecule has 8 heteroatoms. The number of fused-ring (bicyclic) bond motifs is 1. The van der Waals surface area contributed by atoms with Crippen LogP contribution in [0.25, 0.3) is 0 Å². The average molecular weight is 364 g/mol. The molecule has 0 atom stereocenters. The van der Waals surface area contributed by atoms with Crippen molar-refractivity contribution in [2.24, 2.45) is 0 Å². The lowest BCUT2D eigenvalue weighted by Crippen LogP contribution is -2.18. The van der Waals surface area contributed by atoms with Crippen LogP contribution in [0, 0.1) is 0 Å². The minimum Gasteiger partial charge on any atom is -0.486 e. The maximum absolute atomic E-state index is 12.4. The summed E-state index contributed by atoms with van der Waals surface area (Å²) in [5.41, 5.74) is 0.0851. The highest BCUT2D eigenvalue weighted by molar-refractivity contribution is 6.00. The van der Waals surface area contributed by atoms with E-state index in [-0.39, 0.29) is 16.9 Å². The molecule has 3 rings (SSSR count). The highest BCUT2D eigenvalue weighted by atomic mass is 19.3. The zero-order valence-corrected chi connectivity index (χ0v) is 13.4. The first-order valence-corrected chi connectivity index (χ1v) is 7.68. The van der Waals surface area contributed by atoms with E-state index in [1.54, 1.807) is 6.07 Å². The number of halogens is 2. The molecule has 2 aromatic carbocycles. The highest BCUT2D eigenvalue weighted by Gasteiger charge is 2.19. The third-order valence-electron chi connectivity index (χ3n) is 3.52. The van der Waals surface area contributed by atoms with Gasteiger partial charge in [-0.15, -0.1) is 0 Å². The van der Waals surface area contributed by atoms with Gasteiger partial charge in [-0.25, -0.2) is 4.79 Å². The van der Waals surface area contributed by atoms with Crippen LogP contribution in [0.4, 0.5) is 8.78 Å². The molecular formula is C18H14F2O6. The first-order valence-electron chi connectivity index (χ1n) is 7.68. The number of esters is 1. The van der Waals surface area contributed by atoms with E-state index in [9.17, 15) is 18.4 Å². The first kappa shape index (κ1) is 17.7. The maximum atomic E-state index is 12.4. The second-order valence-electron chi connectivity index (χ2n) is 5.23. The van der Waals surface area contributed by atoms with Crippen LogP contribution >= 0.6 is 0 Å². The van der Waals surface area contributed by atoms with Crippen molar-refractivity contribution in [3.05, 3.63) is 53.6 Å². The Labute approximate surface area is 147 Å². The normalized spacial score (nSPS) is 12.6. The molecule has 136 valence electrons. The average Bonchev–Trinajstić information content (AvgIpc) is 2.65. The maximum Gasteiger partial charge on any atom is 0.387 e. The summed E-state index contributed by atoms with van der Waals surface area (Å²) in [6.45, 7) is -2.83. The summed E-state index contributed by atoms with van der Waals surface area (Å²) in [4.78, 5) is 24.3. The number of ketones is 1. The van der Waals surface area contributed by atoms with Crippen LogP contribution in [0.1, 0.15) is 20.7 Å². The fourth-order valence-electron chi connectivity index (χ4n) is 2.34. The van der Waals surface area contributed by atoms with Crippen molar-refractivity contribution in [3.63, 3.8) is 0 Å². The molecule has 0 aliphatic carbocycles. The zero-order chi connectivity index (χ0) is 18.5. The molecule has 0 fully saturated rings. The van der Waals surface area contributed by atoms with Crippen LogP contribution < -0.4 is 14.2 Å². The molecule has 0 amide bonds. The zero-order valence-electron chi connectivity index (χ0n) is 13.4. The van der Waals surface area contributed by atoms with Gasteiger partial charge >= 0.3 is 12.6 Å². The van der Waals surface area contributed by atoms with Gasteiger partial charge in [-0.3, -0.25) is 4.79 Å². The molecule has 6 nitrogen and oxygen atoms in total. The molecule has 0 unspecified atom stereocenters. The van der Waals surface area contributed by atoms with E-state index in [2.05, 4.69) is 4.74 Å². The molecular weight excluding hydrogens is 350 g/mol. The second kappa shape index (κ2) is 7.81. The van der Waals surface area contributed by atoms with Gasteiger partial charge in [0.1, 0.15) is 24.5 Å². The number of hydrogen-bond acceptors (Lipinski definition) is 6. The Kier molecular flexibility index (Phi) is 5.31. The van der Waals surface area contributed by atoms with E-state index in [1.165, 1.54) is 36.4 Å². The SMILES string of the molecule is O=C(COC(=O)c1ccccc1OC(F)F)c1ccc2c(c1)OCCO2. The summed E-state index contributed by atoms with van der Waals surface area (Å²) in [6.07, 6.45) is 0. The molecule has 1 heterocycles. The molecule has 0 aromatic heterocycles. The predicted octanol–water partition coefficient (Wildman–Crippen LogP) is 3.10. The van der Waals surface area contributed by atoms with Crippen molar-refractivity contribution in [2.75, 3.05) is 19.8 Å². The Morgan fingerprint density at radius 3 is 2.54 bits per heavy atom. The molecule has 0 radical (unpaired) electrons. The van der Waals surface area contributed by atoms with E-state index in [1.807, 2.05) is 0 Å². The molecule has 0 N–H and O–H groups in total. The number of para-hydroxylation sites is 1. The minimum absolute atomic E-state index is 0.192. The van der Waals surface area contributed by atoms with E-state index >= 15 is 0 Å². The summed E-state index contributed by atoms with van der Waals surface area (Å²) in [7, 11) is 0. The van der Waals surface area contributed by atoms with Crippen LogP contribution in [0.15, 0.2) is 42.5 Å². The summed E-state index contributed by atoms with van der Waals surface area (Å²) in [6, 6.07) is 10.0. The largest absolute Gasteiger partial charge is 0.486 e. The van der Waals surface area contributed by atoms with Crippen LogP contribution in [-0.2, 0) is 4.74 Å². The Hall–Kier alpha value is -3.16. The Morgan fingerprint density at radius 2 is 1.77 bits per heavy atom. The van der Waals surface area contributed by atoms with Crippen molar-refractivity contribution in [3.8, 4) is 17.2 Å². The number of Topliss-reactive ketones (excluding diaryl/α,β-unsaturated/α-hetero) is 1. The summed E-state index contributed by atoms with van der Waals surface area (Å²) in [5, 5.41) is 0. The van der Waals surface area contributed by atoms with Gasteiger partial charge in [0.2, 0.25) is 0 Å². The van der Waals surface area contributed by atoms with Crippen molar-refractivity contribution in [2.45, 2.75) is 6.61 Å². The predicted molar refractivity (Wildman–Crippen MR) is 85.1 cm³/mol. The van der Waals surface area contributed by atoms with Gasteiger partial charge in [0.25, 0.3) is 0 Å². The van der Waals surface area contributed by atoms with Gasteiger partial charge in [0, 0.05) is 5.56 Å². The van der Waals surface area contributed by atoms with E-state index in [0.717, 1.165) is 0 Å². The van der Waals surface area contributed by atoms with Crippen LogP contribution in [0.5, 0.6) is 17.2 Å². The number of alkyl halides is 2. The fraction of sp³-hybridized carbons (Fsp3) is 0.222. The van der Waals surface area contributed by atoms with Gasteiger partial charge < -0.3 is 18.9 Å². The summed E-state index contributed by atoms with van der Waals surface area (Å²) >= 11 is 0. The number of rotatable bonds is 6. The lowest BCUT2D eigenvalue weighted by atomic mass is 10.1. The van der Waals surface area contributed by atoms with Crippen LogP contribution in [0.3, 0.4) is 0 Å². The van der Waals surface area contributed by atoms with Gasteiger partial charge in [0.05, 0.1) is 0 Å². The Balaban J connectivity index is 1.65. The van der Waals surface area contributed by atoms with Crippen LogP contribution in [0.2, 0.25) is 0 Å². The highest BCUT2D eigenvalue weighted by Crippen LogP contribution is 2.31. The van der Waals surface area contributed by atoms with Crippen molar-refractivity contribution in [1.29, 1.82) is 0 Å². The van der Waals surface area contributed by atoms with Crippen molar-refractivity contribution >= 4 is 11.8 Å². The number of carbonyl (C=O) groups excluding carboxylic acids is 2. The lowest BCUT2D eigenvalue weighted by molar-refractivity contribution is -0.0504. The van der Waals surface area contributed by atoms with Gasteiger partial charge in [0.15, 0.2) is 23.9 Å². The summed E-state index contributed by atoms with van der Waals surface area (Å²) < 4.78 is 44.7. The van der Waals surface area contributed by atoms with Crippen LogP contribution in [-0.4, -0.2) is 38.2 Å². The number of ether oxygens (including phenoxy) is 4. The molecule has 0 spiro atoms. The van der Waals surface area contributed by atoms with Gasteiger partial charge in [-0.2, -0.15) is 8.78 Å². The smallest absolute Gasteiger partial charge is 0.387 e.